The Balaban J connectivity index is 3.47. The Morgan fingerprint density at radius 3 is 2.50 bits per heavy atom. The van der Waals surface area contributed by atoms with Crippen molar-refractivity contribution in [1.82, 2.24) is 5.48 Å². The van der Waals surface area contributed by atoms with Crippen molar-refractivity contribution >= 4 is 23.1 Å². The Labute approximate surface area is 71.7 Å². The molecule has 12 heavy (non-hydrogen) atoms. The number of hydrogen-bond acceptors (Lipinski definition) is 4. The van der Waals surface area contributed by atoms with Crippen LogP contribution in [0, 0.1) is 0 Å². The molecule has 0 aliphatic carbocycles. The van der Waals surface area contributed by atoms with Crippen LogP contribution in [0.15, 0.2) is 0 Å². The molecule has 0 fully saturated rings. The second-order valence-electron chi connectivity index (χ2n) is 2.03. The van der Waals surface area contributed by atoms with E-state index in [1.807, 2.05) is 0 Å². The fraction of sp³-hybridized carbons (Fsp3) is 0.600. The van der Waals surface area contributed by atoms with Gasteiger partial charge in [-0.2, -0.15) is 4.21 Å². The number of nitrogens with one attached hydrogen (secondary N) is 1. The molecular formula is C5H9NO5S. The molecule has 0 saturated carbocycles. The molecule has 0 radical (unpaired) electrons. The lowest BCUT2D eigenvalue weighted by Gasteiger charge is -1.98. The minimum Gasteiger partial charge on any atom is -0.300 e. The maximum atomic E-state index is 10.6. The zero-order chi connectivity index (χ0) is 9.56. The largest absolute Gasteiger partial charge is 0.324 e. The van der Waals surface area contributed by atoms with Gasteiger partial charge in [0.25, 0.3) is 0 Å². The normalized spacial score (nSPS) is 12.2. The molecule has 0 saturated heterocycles. The van der Waals surface area contributed by atoms with Gasteiger partial charge in [0.2, 0.25) is 5.91 Å². The van der Waals surface area contributed by atoms with Crippen molar-refractivity contribution in [2.24, 2.45) is 0 Å². The molecule has 0 aliphatic rings. The summed E-state index contributed by atoms with van der Waals surface area (Å²) in [7, 11) is 0. The molecule has 0 bridgehead atoms. The highest BCUT2D eigenvalue weighted by molar-refractivity contribution is 7.74. The molecule has 0 rings (SSSR count). The van der Waals surface area contributed by atoms with E-state index in [1.165, 1.54) is 6.92 Å². The molecule has 70 valence electrons. The van der Waals surface area contributed by atoms with Crippen molar-refractivity contribution in [1.29, 1.82) is 0 Å². The van der Waals surface area contributed by atoms with E-state index in [4.69, 9.17) is 4.55 Å². The highest BCUT2D eigenvalue weighted by Crippen LogP contribution is 1.89. The van der Waals surface area contributed by atoms with Gasteiger partial charge in [-0.25, -0.2) is 5.48 Å². The minimum absolute atomic E-state index is 0.0491. The molecule has 2 N–H and O–H groups in total. The quantitative estimate of drug-likeness (QED) is 0.457. The molecule has 1 unspecified atom stereocenters. The molecule has 0 spiro atoms. The number of amides is 1. The van der Waals surface area contributed by atoms with Crippen molar-refractivity contribution < 1.29 is 22.6 Å². The highest BCUT2D eigenvalue weighted by Gasteiger charge is 2.04. The lowest BCUT2D eigenvalue weighted by Crippen LogP contribution is -2.24. The third kappa shape index (κ3) is 7.32. The lowest BCUT2D eigenvalue weighted by molar-refractivity contribution is -0.129. The van der Waals surface area contributed by atoms with Gasteiger partial charge in [0.1, 0.15) is 5.78 Å². The molecule has 0 aliphatic heterocycles. The summed E-state index contributed by atoms with van der Waals surface area (Å²) < 4.78 is 21.7. The van der Waals surface area contributed by atoms with Crippen LogP contribution in [-0.2, 0) is 25.2 Å². The van der Waals surface area contributed by atoms with Gasteiger partial charge in [0, 0.05) is 12.8 Å². The summed E-state index contributed by atoms with van der Waals surface area (Å²) in [5.74, 6) is -0.733. The number of ketones is 1. The Hall–Kier alpha value is -0.790. The Bertz CT molecular complexity index is 184. The van der Waals surface area contributed by atoms with Crippen LogP contribution < -0.4 is 5.48 Å². The second-order valence-corrected chi connectivity index (χ2v) is 2.63. The number of carbonyl (C=O) groups is 2. The zero-order valence-electron chi connectivity index (χ0n) is 6.40. The van der Waals surface area contributed by atoms with E-state index < -0.39 is 17.3 Å². The number of hydrogen-bond donors (Lipinski definition) is 2. The molecule has 0 aromatic rings. The third-order valence-electron chi connectivity index (χ3n) is 0.931. The molecule has 6 nitrogen and oxygen atoms in total. The van der Waals surface area contributed by atoms with Crippen molar-refractivity contribution in [2.75, 3.05) is 0 Å². The molecule has 1 amide bonds. The Morgan fingerprint density at radius 2 is 2.08 bits per heavy atom. The Kier molecular flexibility index (Phi) is 5.43. The second kappa shape index (κ2) is 5.81. The summed E-state index contributed by atoms with van der Waals surface area (Å²) in [6.07, 6.45) is 0.0415. The van der Waals surface area contributed by atoms with Gasteiger partial charge >= 0.3 is 11.4 Å². The first-order chi connectivity index (χ1) is 5.52. The predicted octanol–water partition coefficient (Wildman–Crippen LogP) is -0.460. The van der Waals surface area contributed by atoms with Crippen molar-refractivity contribution in [2.45, 2.75) is 19.8 Å². The SMILES string of the molecule is CC(=O)CCC(=O)NOS(=O)O. The van der Waals surface area contributed by atoms with Gasteiger partial charge < -0.3 is 4.79 Å². The summed E-state index contributed by atoms with van der Waals surface area (Å²) >= 11 is -2.52. The van der Waals surface area contributed by atoms with Crippen molar-refractivity contribution in [3.8, 4) is 0 Å². The van der Waals surface area contributed by atoms with Gasteiger partial charge in [-0.15, -0.1) is 4.28 Å². The van der Waals surface area contributed by atoms with Crippen molar-refractivity contribution in [3.05, 3.63) is 0 Å². The summed E-state index contributed by atoms with van der Waals surface area (Å²) in [4.78, 5) is 21.0. The van der Waals surface area contributed by atoms with Gasteiger partial charge in [0.15, 0.2) is 0 Å². The van der Waals surface area contributed by atoms with Crippen LogP contribution in [0.3, 0.4) is 0 Å². The maximum absolute atomic E-state index is 10.6. The number of carbonyl (C=O) groups excluding carboxylic acids is 2. The van der Waals surface area contributed by atoms with Gasteiger partial charge in [0.05, 0.1) is 0 Å². The first kappa shape index (κ1) is 11.2. The highest BCUT2D eigenvalue weighted by atomic mass is 32.2. The standard InChI is InChI=1S/C5H9NO5S/c1-4(7)2-3-5(8)6-11-12(9)10/h2-3H2,1H3,(H,6,8)(H,9,10). The first-order valence-electron chi connectivity index (χ1n) is 3.09. The number of Topliss-reactive ketones (excluding diaryl/α,β-unsaturated/α-hetero) is 1. The van der Waals surface area contributed by atoms with E-state index in [0.717, 1.165) is 0 Å². The Morgan fingerprint density at radius 1 is 1.50 bits per heavy atom. The van der Waals surface area contributed by atoms with Gasteiger partial charge in [-0.05, 0) is 6.92 Å². The zero-order valence-corrected chi connectivity index (χ0v) is 7.22. The van der Waals surface area contributed by atoms with E-state index in [1.54, 1.807) is 5.48 Å². The van der Waals surface area contributed by atoms with E-state index in [9.17, 15) is 13.8 Å². The summed E-state index contributed by atoms with van der Waals surface area (Å²) in [6.45, 7) is 1.35. The van der Waals surface area contributed by atoms with Crippen LogP contribution in [-0.4, -0.2) is 20.5 Å². The molecule has 1 atom stereocenters. The number of hydroxylamine groups is 1. The summed E-state index contributed by atoms with van der Waals surface area (Å²) in [6, 6.07) is 0. The average molecular weight is 195 g/mol. The van der Waals surface area contributed by atoms with E-state index in [-0.39, 0.29) is 18.6 Å². The lowest BCUT2D eigenvalue weighted by atomic mass is 10.2. The van der Waals surface area contributed by atoms with Gasteiger partial charge in [-0.1, -0.05) is 0 Å². The topological polar surface area (TPSA) is 92.7 Å². The van der Waals surface area contributed by atoms with Gasteiger partial charge in [-0.3, -0.25) is 9.35 Å². The first-order valence-corrected chi connectivity index (χ1v) is 4.12. The molecule has 0 aromatic carbocycles. The predicted molar refractivity (Wildman–Crippen MR) is 39.9 cm³/mol. The monoisotopic (exact) mass is 195 g/mol. The minimum atomic E-state index is -2.52. The fourth-order valence-electron chi connectivity index (χ4n) is 0.423. The average Bonchev–Trinajstić information content (AvgIpc) is 1.96. The maximum Gasteiger partial charge on any atom is 0.324 e. The molecular weight excluding hydrogens is 186 g/mol. The van der Waals surface area contributed by atoms with E-state index in [2.05, 4.69) is 4.28 Å². The molecule has 0 aromatic heterocycles. The summed E-state index contributed by atoms with van der Waals surface area (Å²) in [5, 5.41) is 0. The van der Waals surface area contributed by atoms with Crippen LogP contribution in [0.1, 0.15) is 19.8 Å². The number of rotatable bonds is 5. The molecule has 7 heteroatoms. The van der Waals surface area contributed by atoms with Crippen molar-refractivity contribution in [3.63, 3.8) is 0 Å². The van der Waals surface area contributed by atoms with Crippen LogP contribution >= 0.6 is 0 Å². The fourth-order valence-corrected chi connectivity index (χ4v) is 0.587. The molecule has 0 heterocycles. The smallest absolute Gasteiger partial charge is 0.300 e. The van der Waals surface area contributed by atoms with E-state index in [0.29, 0.717) is 0 Å². The van der Waals surface area contributed by atoms with Crippen LogP contribution in [0.5, 0.6) is 0 Å². The van der Waals surface area contributed by atoms with Crippen LogP contribution in [0.4, 0.5) is 0 Å². The third-order valence-corrected chi connectivity index (χ3v) is 1.16. The van der Waals surface area contributed by atoms with Crippen LogP contribution in [0.2, 0.25) is 0 Å². The van der Waals surface area contributed by atoms with Crippen LogP contribution in [0.25, 0.3) is 0 Å². The summed E-state index contributed by atoms with van der Waals surface area (Å²) in [5.41, 5.74) is 1.70. The van der Waals surface area contributed by atoms with E-state index >= 15 is 0 Å².